The van der Waals surface area contributed by atoms with Crippen LogP contribution in [0.25, 0.3) is 0 Å². The molecule has 0 spiro atoms. The van der Waals surface area contributed by atoms with E-state index in [1.165, 1.54) is 5.56 Å². The van der Waals surface area contributed by atoms with Crippen LogP contribution in [0.1, 0.15) is 51.3 Å². The van der Waals surface area contributed by atoms with Gasteiger partial charge in [-0.05, 0) is 44.9 Å². The SMILES string of the molecule is CCc1ccc(C(NC)C(C)S(=O)(=O)C(C)CC)cc1. The summed E-state index contributed by atoms with van der Waals surface area (Å²) in [5.74, 6) is 0. The third-order valence-corrected chi connectivity index (χ3v) is 6.95. The van der Waals surface area contributed by atoms with Gasteiger partial charge < -0.3 is 5.32 Å². The fraction of sp³-hybridized carbons (Fsp3) is 0.625. The Morgan fingerprint density at radius 1 is 1.10 bits per heavy atom. The molecule has 114 valence electrons. The predicted octanol–water partition coefficient (Wildman–Crippen LogP) is 3.11. The van der Waals surface area contributed by atoms with Crippen LogP contribution in [0, 0.1) is 0 Å². The van der Waals surface area contributed by atoms with Crippen LogP contribution in [-0.2, 0) is 16.3 Å². The van der Waals surface area contributed by atoms with Crippen molar-refractivity contribution in [1.29, 1.82) is 0 Å². The molecule has 0 amide bonds. The molecule has 0 aliphatic carbocycles. The third-order valence-electron chi connectivity index (χ3n) is 4.18. The van der Waals surface area contributed by atoms with Crippen LogP contribution >= 0.6 is 0 Å². The Balaban J connectivity index is 3.05. The minimum Gasteiger partial charge on any atom is -0.312 e. The minimum absolute atomic E-state index is 0.167. The first-order valence-corrected chi connectivity index (χ1v) is 8.98. The second-order valence-electron chi connectivity index (χ2n) is 5.37. The van der Waals surface area contributed by atoms with E-state index < -0.39 is 15.1 Å². The molecule has 20 heavy (non-hydrogen) atoms. The highest BCUT2D eigenvalue weighted by Crippen LogP contribution is 2.25. The zero-order valence-corrected chi connectivity index (χ0v) is 14.0. The molecule has 0 fully saturated rings. The summed E-state index contributed by atoms with van der Waals surface area (Å²) in [4.78, 5) is 0. The maximum absolute atomic E-state index is 12.5. The lowest BCUT2D eigenvalue weighted by Crippen LogP contribution is -2.37. The van der Waals surface area contributed by atoms with Crippen molar-refractivity contribution < 1.29 is 8.42 Å². The number of rotatable bonds is 7. The summed E-state index contributed by atoms with van der Waals surface area (Å²) >= 11 is 0. The molecule has 0 aliphatic rings. The molecule has 1 N–H and O–H groups in total. The standard InChI is InChI=1S/C16H27NO2S/c1-6-12(3)20(18,19)13(4)16(17-5)15-10-8-14(7-2)9-11-15/h8-13,16-17H,6-7H2,1-5H3. The van der Waals surface area contributed by atoms with Crippen LogP contribution in [0.4, 0.5) is 0 Å². The maximum atomic E-state index is 12.5. The highest BCUT2D eigenvalue weighted by Gasteiger charge is 2.33. The number of sulfone groups is 1. The van der Waals surface area contributed by atoms with Crippen LogP contribution in [0.3, 0.4) is 0 Å². The quantitative estimate of drug-likeness (QED) is 0.841. The van der Waals surface area contributed by atoms with E-state index in [9.17, 15) is 8.42 Å². The van der Waals surface area contributed by atoms with Crippen molar-refractivity contribution in [2.24, 2.45) is 0 Å². The van der Waals surface area contributed by atoms with E-state index >= 15 is 0 Å². The number of nitrogens with one attached hydrogen (secondary N) is 1. The lowest BCUT2D eigenvalue weighted by molar-refractivity contribution is 0.520. The Labute approximate surface area is 123 Å². The van der Waals surface area contributed by atoms with Gasteiger partial charge in [0.1, 0.15) is 0 Å². The fourth-order valence-electron chi connectivity index (χ4n) is 2.42. The van der Waals surface area contributed by atoms with E-state index in [0.717, 1.165) is 12.0 Å². The molecule has 0 saturated carbocycles. The number of hydrogen-bond donors (Lipinski definition) is 1. The van der Waals surface area contributed by atoms with Crippen molar-refractivity contribution in [3.05, 3.63) is 35.4 Å². The van der Waals surface area contributed by atoms with E-state index in [0.29, 0.717) is 6.42 Å². The Hall–Kier alpha value is -0.870. The highest BCUT2D eigenvalue weighted by molar-refractivity contribution is 7.92. The summed E-state index contributed by atoms with van der Waals surface area (Å²) in [6.07, 6.45) is 1.64. The first-order chi connectivity index (χ1) is 9.38. The van der Waals surface area contributed by atoms with Gasteiger partial charge in [0.05, 0.1) is 10.5 Å². The van der Waals surface area contributed by atoms with Gasteiger partial charge in [-0.2, -0.15) is 0 Å². The van der Waals surface area contributed by atoms with E-state index in [4.69, 9.17) is 0 Å². The molecule has 4 heteroatoms. The van der Waals surface area contributed by atoms with Gasteiger partial charge in [0.15, 0.2) is 9.84 Å². The zero-order chi connectivity index (χ0) is 15.3. The first-order valence-electron chi connectivity index (χ1n) is 7.37. The van der Waals surface area contributed by atoms with Crippen LogP contribution in [0.2, 0.25) is 0 Å². The lowest BCUT2D eigenvalue weighted by Gasteiger charge is -2.26. The molecule has 0 aromatic heterocycles. The van der Waals surface area contributed by atoms with Crippen molar-refractivity contribution >= 4 is 9.84 Å². The summed E-state index contributed by atoms with van der Waals surface area (Å²) in [6.45, 7) is 7.62. The Bertz CT molecular complexity index is 508. The second-order valence-corrected chi connectivity index (χ2v) is 8.10. The van der Waals surface area contributed by atoms with Crippen molar-refractivity contribution in [3.63, 3.8) is 0 Å². The van der Waals surface area contributed by atoms with Gasteiger partial charge >= 0.3 is 0 Å². The normalized spacial score (nSPS) is 16.6. The number of hydrogen-bond acceptors (Lipinski definition) is 3. The molecule has 1 rings (SSSR count). The monoisotopic (exact) mass is 297 g/mol. The Morgan fingerprint density at radius 3 is 2.05 bits per heavy atom. The summed E-state index contributed by atoms with van der Waals surface area (Å²) in [5, 5.41) is 2.42. The maximum Gasteiger partial charge on any atom is 0.157 e. The Morgan fingerprint density at radius 2 is 1.65 bits per heavy atom. The van der Waals surface area contributed by atoms with Gasteiger partial charge in [-0.3, -0.25) is 0 Å². The molecule has 0 saturated heterocycles. The molecular formula is C16H27NO2S. The summed E-state index contributed by atoms with van der Waals surface area (Å²) in [5.41, 5.74) is 2.30. The predicted molar refractivity (Wildman–Crippen MR) is 85.8 cm³/mol. The fourth-order valence-corrected chi connectivity index (χ4v) is 4.29. The van der Waals surface area contributed by atoms with Crippen LogP contribution in [-0.4, -0.2) is 26.0 Å². The Kier molecular flexibility index (Phi) is 6.21. The van der Waals surface area contributed by atoms with Crippen molar-refractivity contribution in [3.8, 4) is 0 Å². The molecule has 1 aromatic carbocycles. The topological polar surface area (TPSA) is 46.2 Å². The summed E-state index contributed by atoms with van der Waals surface area (Å²) in [6, 6.07) is 8.04. The molecule has 0 radical (unpaired) electrons. The number of aryl methyl sites for hydroxylation is 1. The first kappa shape index (κ1) is 17.2. The highest BCUT2D eigenvalue weighted by atomic mass is 32.2. The smallest absolute Gasteiger partial charge is 0.157 e. The molecule has 0 bridgehead atoms. The van der Waals surface area contributed by atoms with E-state index in [1.807, 2.05) is 26.1 Å². The van der Waals surface area contributed by atoms with Gasteiger partial charge in [0.2, 0.25) is 0 Å². The second kappa shape index (κ2) is 7.23. The molecule has 3 atom stereocenters. The van der Waals surface area contributed by atoms with Gasteiger partial charge in [0, 0.05) is 6.04 Å². The van der Waals surface area contributed by atoms with Crippen LogP contribution in [0.5, 0.6) is 0 Å². The average Bonchev–Trinajstić information content (AvgIpc) is 2.47. The zero-order valence-electron chi connectivity index (χ0n) is 13.2. The molecule has 0 aliphatic heterocycles. The van der Waals surface area contributed by atoms with Crippen molar-refractivity contribution in [2.75, 3.05) is 7.05 Å². The van der Waals surface area contributed by atoms with Crippen molar-refractivity contribution in [2.45, 2.75) is 57.1 Å². The summed E-state index contributed by atoms with van der Waals surface area (Å²) in [7, 11) is -1.31. The third kappa shape index (κ3) is 3.61. The number of benzene rings is 1. The molecule has 3 unspecified atom stereocenters. The largest absolute Gasteiger partial charge is 0.312 e. The van der Waals surface area contributed by atoms with E-state index in [1.54, 1.807) is 13.8 Å². The van der Waals surface area contributed by atoms with E-state index in [2.05, 4.69) is 24.4 Å². The molecule has 3 nitrogen and oxygen atoms in total. The molecular weight excluding hydrogens is 270 g/mol. The van der Waals surface area contributed by atoms with Gasteiger partial charge in [0.25, 0.3) is 0 Å². The molecule has 0 heterocycles. The van der Waals surface area contributed by atoms with Gasteiger partial charge in [-0.15, -0.1) is 0 Å². The van der Waals surface area contributed by atoms with Crippen molar-refractivity contribution in [1.82, 2.24) is 5.32 Å². The van der Waals surface area contributed by atoms with E-state index in [-0.39, 0.29) is 11.3 Å². The summed E-state index contributed by atoms with van der Waals surface area (Å²) < 4.78 is 25.0. The van der Waals surface area contributed by atoms with Crippen LogP contribution < -0.4 is 5.32 Å². The van der Waals surface area contributed by atoms with Gasteiger partial charge in [-0.1, -0.05) is 38.1 Å². The average molecular weight is 297 g/mol. The lowest BCUT2D eigenvalue weighted by atomic mass is 10.0. The molecule has 1 aromatic rings. The minimum atomic E-state index is -3.13. The van der Waals surface area contributed by atoms with Crippen LogP contribution in [0.15, 0.2) is 24.3 Å². The van der Waals surface area contributed by atoms with Gasteiger partial charge in [-0.25, -0.2) is 8.42 Å².